The fraction of sp³-hybridized carbons (Fsp3) is 0.333. The second-order valence-electron chi connectivity index (χ2n) is 4.17. The van der Waals surface area contributed by atoms with Crippen molar-refractivity contribution in [2.24, 2.45) is 0 Å². The number of hydrogen-bond acceptors (Lipinski definition) is 4. The molecule has 4 nitrogen and oxygen atoms in total. The molecule has 2 rings (SSSR count). The maximum absolute atomic E-state index is 9.19. The Morgan fingerprint density at radius 3 is 2.89 bits per heavy atom. The Morgan fingerprint density at radius 1 is 1.37 bits per heavy atom. The zero-order valence-corrected chi connectivity index (χ0v) is 11.2. The van der Waals surface area contributed by atoms with Gasteiger partial charge < -0.3 is 10.1 Å². The molecule has 4 heteroatoms. The molecule has 0 bridgehead atoms. The van der Waals surface area contributed by atoms with E-state index in [-0.39, 0.29) is 0 Å². The lowest BCUT2D eigenvalue weighted by atomic mass is 10.1. The van der Waals surface area contributed by atoms with Crippen LogP contribution in [0.3, 0.4) is 0 Å². The molecule has 1 aromatic heterocycles. The first kappa shape index (κ1) is 13.2. The fourth-order valence-corrected chi connectivity index (χ4v) is 1.99. The predicted octanol–water partition coefficient (Wildman–Crippen LogP) is 3.33. The summed E-state index contributed by atoms with van der Waals surface area (Å²) in [4.78, 5) is 4.35. The number of rotatable bonds is 5. The molecule has 0 radical (unpaired) electrons. The maximum atomic E-state index is 9.19. The van der Waals surface area contributed by atoms with Gasteiger partial charge in [0.2, 0.25) is 0 Å². The van der Waals surface area contributed by atoms with Crippen molar-refractivity contribution >= 4 is 16.6 Å². The number of anilines is 1. The minimum absolute atomic E-state index is 0.564. The second kappa shape index (κ2) is 6.05. The number of aromatic nitrogens is 1. The van der Waals surface area contributed by atoms with Crippen LogP contribution in [0.2, 0.25) is 0 Å². The fourth-order valence-electron chi connectivity index (χ4n) is 1.99. The SMILES string of the molecule is CCCNc1c(C#N)cnc2c(OCC)cccc12. The highest BCUT2D eigenvalue weighted by molar-refractivity contribution is 5.97. The van der Waals surface area contributed by atoms with E-state index in [1.807, 2.05) is 25.1 Å². The highest BCUT2D eigenvalue weighted by Gasteiger charge is 2.11. The number of nitrogens with zero attached hydrogens (tertiary/aromatic N) is 2. The minimum atomic E-state index is 0.564. The van der Waals surface area contributed by atoms with Crippen LogP contribution in [0.4, 0.5) is 5.69 Å². The molecule has 0 spiro atoms. The zero-order valence-electron chi connectivity index (χ0n) is 11.2. The molecule has 0 aliphatic rings. The molecule has 0 amide bonds. The summed E-state index contributed by atoms with van der Waals surface area (Å²) < 4.78 is 5.58. The van der Waals surface area contributed by atoms with Gasteiger partial charge in [-0.25, -0.2) is 0 Å². The number of nitriles is 1. The molecular formula is C15H17N3O. The van der Waals surface area contributed by atoms with Crippen LogP contribution in [0.25, 0.3) is 10.9 Å². The second-order valence-corrected chi connectivity index (χ2v) is 4.17. The quantitative estimate of drug-likeness (QED) is 0.890. The smallest absolute Gasteiger partial charge is 0.145 e. The molecule has 0 saturated carbocycles. The third kappa shape index (κ3) is 2.60. The van der Waals surface area contributed by atoms with Crippen molar-refractivity contribution in [3.05, 3.63) is 30.0 Å². The molecule has 1 heterocycles. The van der Waals surface area contributed by atoms with Gasteiger partial charge in [0.15, 0.2) is 0 Å². The van der Waals surface area contributed by atoms with Crippen molar-refractivity contribution in [2.45, 2.75) is 20.3 Å². The zero-order chi connectivity index (χ0) is 13.7. The number of fused-ring (bicyclic) bond motifs is 1. The van der Waals surface area contributed by atoms with E-state index in [2.05, 4.69) is 23.3 Å². The van der Waals surface area contributed by atoms with Crippen LogP contribution in [0.1, 0.15) is 25.8 Å². The van der Waals surface area contributed by atoms with Gasteiger partial charge in [-0.05, 0) is 19.4 Å². The highest BCUT2D eigenvalue weighted by Crippen LogP contribution is 2.31. The molecule has 1 aromatic carbocycles. The van der Waals surface area contributed by atoms with Crippen molar-refractivity contribution in [3.8, 4) is 11.8 Å². The Hall–Kier alpha value is -2.28. The Labute approximate surface area is 113 Å². The standard InChI is InChI=1S/C15H17N3O/c1-3-8-17-14-11(9-16)10-18-15-12(14)6-5-7-13(15)19-4-2/h5-7,10H,3-4,8H2,1-2H3,(H,17,18). The van der Waals surface area contributed by atoms with E-state index in [4.69, 9.17) is 4.74 Å². The summed E-state index contributed by atoms with van der Waals surface area (Å²) in [5.41, 5.74) is 2.20. The number of pyridine rings is 1. The largest absolute Gasteiger partial charge is 0.492 e. The van der Waals surface area contributed by atoms with Crippen molar-refractivity contribution in [3.63, 3.8) is 0 Å². The molecule has 0 aliphatic carbocycles. The number of benzene rings is 1. The lowest BCUT2D eigenvalue weighted by Crippen LogP contribution is -2.04. The number of ether oxygens (including phenoxy) is 1. The van der Waals surface area contributed by atoms with E-state index in [1.165, 1.54) is 0 Å². The Kier molecular flexibility index (Phi) is 4.19. The number of nitrogens with one attached hydrogen (secondary N) is 1. The van der Waals surface area contributed by atoms with Crippen LogP contribution < -0.4 is 10.1 Å². The van der Waals surface area contributed by atoms with E-state index >= 15 is 0 Å². The van der Waals surface area contributed by atoms with E-state index in [0.29, 0.717) is 12.2 Å². The summed E-state index contributed by atoms with van der Waals surface area (Å²) in [6, 6.07) is 7.97. The Bertz CT molecular complexity index is 617. The summed E-state index contributed by atoms with van der Waals surface area (Å²) in [7, 11) is 0. The molecule has 0 atom stereocenters. The first-order valence-corrected chi connectivity index (χ1v) is 6.50. The summed E-state index contributed by atoms with van der Waals surface area (Å²) in [5, 5.41) is 13.4. The van der Waals surface area contributed by atoms with Gasteiger partial charge >= 0.3 is 0 Å². The van der Waals surface area contributed by atoms with E-state index in [0.717, 1.165) is 35.3 Å². The first-order chi connectivity index (χ1) is 9.31. The molecule has 0 saturated heterocycles. The molecule has 2 aromatic rings. The van der Waals surface area contributed by atoms with Crippen LogP contribution in [-0.2, 0) is 0 Å². The molecule has 0 fully saturated rings. The van der Waals surface area contributed by atoms with Crippen LogP contribution in [0, 0.1) is 11.3 Å². The maximum Gasteiger partial charge on any atom is 0.145 e. The van der Waals surface area contributed by atoms with E-state index < -0.39 is 0 Å². The van der Waals surface area contributed by atoms with Crippen LogP contribution in [0.15, 0.2) is 24.4 Å². The Morgan fingerprint density at radius 2 is 2.21 bits per heavy atom. The van der Waals surface area contributed by atoms with Gasteiger partial charge in [-0.15, -0.1) is 0 Å². The summed E-state index contributed by atoms with van der Waals surface area (Å²) >= 11 is 0. The normalized spacial score (nSPS) is 10.2. The summed E-state index contributed by atoms with van der Waals surface area (Å²) in [6.45, 7) is 5.46. The van der Waals surface area contributed by atoms with Gasteiger partial charge in [0.25, 0.3) is 0 Å². The summed E-state index contributed by atoms with van der Waals surface area (Å²) in [5.74, 6) is 0.754. The van der Waals surface area contributed by atoms with Gasteiger partial charge in [-0.3, -0.25) is 4.98 Å². The topological polar surface area (TPSA) is 57.9 Å². The van der Waals surface area contributed by atoms with Gasteiger partial charge in [-0.1, -0.05) is 19.1 Å². The van der Waals surface area contributed by atoms with Crippen LogP contribution in [-0.4, -0.2) is 18.1 Å². The average Bonchev–Trinajstić information content (AvgIpc) is 2.45. The molecule has 98 valence electrons. The average molecular weight is 255 g/mol. The van der Waals surface area contributed by atoms with E-state index in [1.54, 1.807) is 6.20 Å². The molecule has 0 unspecified atom stereocenters. The predicted molar refractivity (Wildman–Crippen MR) is 76.4 cm³/mol. The number of hydrogen-bond donors (Lipinski definition) is 1. The lowest BCUT2D eigenvalue weighted by molar-refractivity contribution is 0.343. The van der Waals surface area contributed by atoms with Crippen molar-refractivity contribution < 1.29 is 4.74 Å². The third-order valence-corrected chi connectivity index (χ3v) is 2.83. The molecule has 1 N–H and O–H groups in total. The first-order valence-electron chi connectivity index (χ1n) is 6.50. The van der Waals surface area contributed by atoms with E-state index in [9.17, 15) is 5.26 Å². The van der Waals surface area contributed by atoms with Gasteiger partial charge in [0.1, 0.15) is 17.3 Å². The van der Waals surface area contributed by atoms with Gasteiger partial charge in [0.05, 0.1) is 17.9 Å². The highest BCUT2D eigenvalue weighted by atomic mass is 16.5. The minimum Gasteiger partial charge on any atom is -0.492 e. The van der Waals surface area contributed by atoms with Gasteiger partial charge in [0, 0.05) is 18.1 Å². The van der Waals surface area contributed by atoms with Crippen molar-refractivity contribution in [1.29, 1.82) is 5.26 Å². The Balaban J connectivity index is 2.61. The number of para-hydroxylation sites is 1. The molecular weight excluding hydrogens is 238 g/mol. The van der Waals surface area contributed by atoms with Gasteiger partial charge in [-0.2, -0.15) is 5.26 Å². The summed E-state index contributed by atoms with van der Waals surface area (Å²) in [6.07, 6.45) is 2.60. The lowest BCUT2D eigenvalue weighted by Gasteiger charge is -2.12. The monoisotopic (exact) mass is 255 g/mol. The third-order valence-electron chi connectivity index (χ3n) is 2.83. The van der Waals surface area contributed by atoms with Crippen LogP contribution >= 0.6 is 0 Å². The van der Waals surface area contributed by atoms with Crippen LogP contribution in [0.5, 0.6) is 5.75 Å². The molecule has 19 heavy (non-hydrogen) atoms. The van der Waals surface area contributed by atoms with Crippen molar-refractivity contribution in [2.75, 3.05) is 18.5 Å². The van der Waals surface area contributed by atoms with Crippen molar-refractivity contribution in [1.82, 2.24) is 4.98 Å². The molecule has 0 aliphatic heterocycles.